The number of amides is 1. The lowest BCUT2D eigenvalue weighted by Gasteiger charge is -2.20. The van der Waals surface area contributed by atoms with Gasteiger partial charge in [-0.15, -0.1) is 0 Å². The number of rotatable bonds is 8. The van der Waals surface area contributed by atoms with Gasteiger partial charge < -0.3 is 16.0 Å². The van der Waals surface area contributed by atoms with Gasteiger partial charge in [-0.25, -0.2) is 9.97 Å². The van der Waals surface area contributed by atoms with E-state index in [1.54, 1.807) is 0 Å². The summed E-state index contributed by atoms with van der Waals surface area (Å²) in [6.45, 7) is 11.5. The maximum atomic E-state index is 11.9. The van der Waals surface area contributed by atoms with Crippen molar-refractivity contribution in [2.75, 3.05) is 23.7 Å². The van der Waals surface area contributed by atoms with Gasteiger partial charge in [-0.1, -0.05) is 20.8 Å². The first-order chi connectivity index (χ1) is 10.0. The fraction of sp³-hybridized carbons (Fsp3) is 0.667. The van der Waals surface area contributed by atoms with Crippen LogP contribution in [0, 0.1) is 0 Å². The van der Waals surface area contributed by atoms with Crippen molar-refractivity contribution >= 4 is 17.5 Å². The second-order valence-corrected chi connectivity index (χ2v) is 5.33. The van der Waals surface area contributed by atoms with Gasteiger partial charge in [0.1, 0.15) is 24.0 Å². The summed E-state index contributed by atoms with van der Waals surface area (Å²) in [7, 11) is 0. The Bertz CT molecular complexity index is 461. The predicted molar refractivity (Wildman–Crippen MR) is 86.7 cm³/mol. The first-order valence-electron chi connectivity index (χ1n) is 7.64. The molecule has 0 aliphatic heterocycles. The second-order valence-electron chi connectivity index (χ2n) is 5.33. The van der Waals surface area contributed by atoms with Crippen molar-refractivity contribution in [1.29, 1.82) is 0 Å². The summed E-state index contributed by atoms with van der Waals surface area (Å²) in [5, 5.41) is 9.31. The van der Waals surface area contributed by atoms with Gasteiger partial charge in [0, 0.05) is 18.7 Å². The number of hydrogen-bond donors (Lipinski definition) is 3. The van der Waals surface area contributed by atoms with Crippen LogP contribution in [0.4, 0.5) is 11.6 Å². The van der Waals surface area contributed by atoms with Crippen LogP contribution in [0.15, 0.2) is 6.33 Å². The van der Waals surface area contributed by atoms with Gasteiger partial charge in [0.25, 0.3) is 0 Å². The van der Waals surface area contributed by atoms with E-state index in [-0.39, 0.29) is 17.9 Å². The van der Waals surface area contributed by atoms with Crippen molar-refractivity contribution in [3.05, 3.63) is 11.9 Å². The fourth-order valence-corrected chi connectivity index (χ4v) is 2.04. The number of carbonyl (C=O) groups excluding carboxylic acids is 1. The molecule has 1 unspecified atom stereocenters. The van der Waals surface area contributed by atoms with E-state index < -0.39 is 0 Å². The zero-order valence-electron chi connectivity index (χ0n) is 13.7. The van der Waals surface area contributed by atoms with Gasteiger partial charge >= 0.3 is 0 Å². The van der Waals surface area contributed by atoms with E-state index >= 15 is 0 Å². The highest BCUT2D eigenvalue weighted by Crippen LogP contribution is 2.28. The summed E-state index contributed by atoms with van der Waals surface area (Å²) < 4.78 is 0. The number of hydrogen-bond acceptors (Lipinski definition) is 5. The zero-order valence-corrected chi connectivity index (χ0v) is 13.7. The molecule has 1 heterocycles. The Balaban J connectivity index is 2.97. The molecule has 1 aromatic rings. The Labute approximate surface area is 127 Å². The topological polar surface area (TPSA) is 78.9 Å². The quantitative estimate of drug-likeness (QED) is 0.685. The molecule has 0 radical (unpaired) electrons. The number of nitrogens with zero attached hydrogens (tertiary/aromatic N) is 2. The molecule has 0 fully saturated rings. The summed E-state index contributed by atoms with van der Waals surface area (Å²) in [5.74, 6) is 1.79. The lowest BCUT2D eigenvalue weighted by molar-refractivity contribution is -0.121. The van der Waals surface area contributed by atoms with Crippen LogP contribution in [0.5, 0.6) is 0 Å². The molecule has 1 rings (SSSR count). The van der Waals surface area contributed by atoms with Gasteiger partial charge in [0.05, 0.1) is 0 Å². The Morgan fingerprint density at radius 3 is 2.43 bits per heavy atom. The first kappa shape index (κ1) is 17.2. The predicted octanol–water partition coefficient (Wildman–Crippen LogP) is 2.36. The highest BCUT2D eigenvalue weighted by Gasteiger charge is 2.18. The Morgan fingerprint density at radius 2 is 1.86 bits per heavy atom. The average Bonchev–Trinajstić information content (AvgIpc) is 2.44. The maximum absolute atomic E-state index is 11.9. The van der Waals surface area contributed by atoms with E-state index in [4.69, 9.17) is 0 Å². The van der Waals surface area contributed by atoms with Crippen LogP contribution in [-0.2, 0) is 4.79 Å². The number of nitrogens with one attached hydrogen (secondary N) is 3. The summed E-state index contributed by atoms with van der Waals surface area (Å²) in [5.41, 5.74) is 1.02. The molecule has 0 aliphatic carbocycles. The lowest BCUT2D eigenvalue weighted by atomic mass is 10.0. The molecule has 21 heavy (non-hydrogen) atoms. The highest BCUT2D eigenvalue weighted by molar-refractivity contribution is 5.84. The van der Waals surface area contributed by atoms with Crippen LogP contribution in [0.25, 0.3) is 0 Å². The third kappa shape index (κ3) is 4.88. The molecule has 1 atom stereocenters. The van der Waals surface area contributed by atoms with E-state index in [0.29, 0.717) is 6.54 Å². The largest absolute Gasteiger partial charge is 0.370 e. The molecule has 0 saturated carbocycles. The van der Waals surface area contributed by atoms with Gasteiger partial charge in [-0.2, -0.15) is 0 Å². The minimum atomic E-state index is -0.337. The molecule has 0 aliphatic rings. The van der Waals surface area contributed by atoms with Crippen LogP contribution in [0.1, 0.15) is 52.5 Å². The van der Waals surface area contributed by atoms with Crippen molar-refractivity contribution in [1.82, 2.24) is 15.3 Å². The molecule has 118 valence electrons. The Kier molecular flexibility index (Phi) is 6.91. The molecule has 6 heteroatoms. The van der Waals surface area contributed by atoms with Crippen LogP contribution in [0.3, 0.4) is 0 Å². The fourth-order valence-electron chi connectivity index (χ4n) is 2.04. The van der Waals surface area contributed by atoms with Gasteiger partial charge in [-0.05, 0) is 26.2 Å². The SMILES string of the molecule is CCCNc1ncnc(NC(C)C(=O)NCC)c1C(C)C. The van der Waals surface area contributed by atoms with Crippen molar-refractivity contribution in [2.24, 2.45) is 0 Å². The first-order valence-corrected chi connectivity index (χ1v) is 7.64. The molecular formula is C15H27N5O. The second kappa shape index (κ2) is 8.44. The van der Waals surface area contributed by atoms with Gasteiger partial charge in [-0.3, -0.25) is 4.79 Å². The lowest BCUT2D eigenvalue weighted by Crippen LogP contribution is -2.37. The summed E-state index contributed by atoms with van der Waals surface area (Å²) in [6, 6.07) is -0.337. The molecule has 0 saturated heterocycles. The van der Waals surface area contributed by atoms with E-state index in [9.17, 15) is 4.79 Å². The minimum Gasteiger partial charge on any atom is -0.370 e. The molecule has 0 spiro atoms. The molecule has 1 aromatic heterocycles. The van der Waals surface area contributed by atoms with Crippen molar-refractivity contribution in [3.63, 3.8) is 0 Å². The number of anilines is 2. The van der Waals surface area contributed by atoms with E-state index in [1.807, 2.05) is 13.8 Å². The van der Waals surface area contributed by atoms with E-state index in [1.165, 1.54) is 6.33 Å². The third-order valence-electron chi connectivity index (χ3n) is 3.10. The molecule has 6 nitrogen and oxygen atoms in total. The number of carbonyl (C=O) groups is 1. The maximum Gasteiger partial charge on any atom is 0.242 e. The van der Waals surface area contributed by atoms with E-state index in [0.717, 1.165) is 30.2 Å². The van der Waals surface area contributed by atoms with Crippen LogP contribution in [-0.4, -0.2) is 35.0 Å². The van der Waals surface area contributed by atoms with Crippen molar-refractivity contribution in [2.45, 2.75) is 53.0 Å². The molecular weight excluding hydrogens is 266 g/mol. The zero-order chi connectivity index (χ0) is 15.8. The molecule has 0 aromatic carbocycles. The summed E-state index contributed by atoms with van der Waals surface area (Å²) >= 11 is 0. The van der Waals surface area contributed by atoms with E-state index in [2.05, 4.69) is 46.7 Å². The monoisotopic (exact) mass is 293 g/mol. The smallest absolute Gasteiger partial charge is 0.242 e. The molecule has 1 amide bonds. The summed E-state index contributed by atoms with van der Waals surface area (Å²) in [6.07, 6.45) is 2.55. The van der Waals surface area contributed by atoms with Crippen molar-refractivity contribution < 1.29 is 4.79 Å². The Morgan fingerprint density at radius 1 is 1.19 bits per heavy atom. The molecule has 3 N–H and O–H groups in total. The van der Waals surface area contributed by atoms with Crippen molar-refractivity contribution in [3.8, 4) is 0 Å². The van der Waals surface area contributed by atoms with Gasteiger partial charge in [0.2, 0.25) is 5.91 Å². The van der Waals surface area contributed by atoms with Crippen LogP contribution in [0.2, 0.25) is 0 Å². The highest BCUT2D eigenvalue weighted by atomic mass is 16.2. The average molecular weight is 293 g/mol. The third-order valence-corrected chi connectivity index (χ3v) is 3.10. The minimum absolute atomic E-state index is 0.0334. The summed E-state index contributed by atoms with van der Waals surface area (Å²) in [4.78, 5) is 20.5. The van der Waals surface area contributed by atoms with Crippen LogP contribution < -0.4 is 16.0 Å². The van der Waals surface area contributed by atoms with Crippen LogP contribution >= 0.6 is 0 Å². The van der Waals surface area contributed by atoms with Gasteiger partial charge in [0.15, 0.2) is 0 Å². The molecule has 0 bridgehead atoms. The number of likely N-dealkylation sites (N-methyl/N-ethyl adjacent to an activating group) is 1. The number of aromatic nitrogens is 2. The normalized spacial score (nSPS) is 12.1. The Hall–Kier alpha value is -1.85. The standard InChI is InChI=1S/C15H27N5O/c1-6-8-17-13-12(10(3)4)14(19-9-18-13)20-11(5)15(21)16-7-2/h9-11H,6-8H2,1-5H3,(H,16,21)(H2,17,18,19,20).